The molecule has 0 bridgehead atoms. The van der Waals surface area contributed by atoms with Crippen LogP contribution < -0.4 is 0 Å². The van der Waals surface area contributed by atoms with Crippen molar-refractivity contribution in [1.82, 2.24) is 9.55 Å². The van der Waals surface area contributed by atoms with Gasteiger partial charge in [-0.15, -0.1) is 0 Å². The third-order valence-corrected chi connectivity index (χ3v) is 3.60. The molecule has 0 atom stereocenters. The van der Waals surface area contributed by atoms with Crippen LogP contribution in [0.4, 0.5) is 13.2 Å². The van der Waals surface area contributed by atoms with Gasteiger partial charge in [0.05, 0.1) is 22.3 Å². The first kappa shape index (κ1) is 15.4. The summed E-state index contributed by atoms with van der Waals surface area (Å²) in [6.07, 6.45) is -0.957. The number of pyridine rings is 1. The van der Waals surface area contributed by atoms with Gasteiger partial charge in [-0.05, 0) is 12.1 Å². The first-order valence-corrected chi connectivity index (χ1v) is 6.80. The van der Waals surface area contributed by atoms with Crippen molar-refractivity contribution >= 4 is 28.7 Å². The zero-order chi connectivity index (χ0) is 16.6. The molecule has 1 aromatic carbocycles. The number of hydrogen-bond donors (Lipinski definition) is 1. The molecule has 0 radical (unpaired) electrons. The van der Waals surface area contributed by atoms with Crippen molar-refractivity contribution in [2.45, 2.75) is 6.18 Å². The summed E-state index contributed by atoms with van der Waals surface area (Å²) in [6, 6.07) is 7.96. The number of alkyl halides is 3. The van der Waals surface area contributed by atoms with Crippen molar-refractivity contribution in [1.29, 1.82) is 0 Å². The molecule has 3 aromatic rings. The highest BCUT2D eigenvalue weighted by molar-refractivity contribution is 6.32. The largest absolute Gasteiger partial charge is 0.417 e. The fourth-order valence-corrected chi connectivity index (χ4v) is 2.57. The SMILES string of the molecule is O/N=C/c1cn(-c2ncc(C(F)(F)F)cc2Cl)c2ccccc12. The molecule has 0 aliphatic rings. The van der Waals surface area contributed by atoms with Gasteiger partial charge in [-0.1, -0.05) is 35.0 Å². The Morgan fingerprint density at radius 1 is 1.26 bits per heavy atom. The van der Waals surface area contributed by atoms with Crippen LogP contribution in [0.2, 0.25) is 5.02 Å². The van der Waals surface area contributed by atoms with Crippen molar-refractivity contribution in [3.8, 4) is 5.82 Å². The molecule has 8 heteroatoms. The van der Waals surface area contributed by atoms with Gasteiger partial charge in [-0.3, -0.25) is 4.57 Å². The lowest BCUT2D eigenvalue weighted by molar-refractivity contribution is -0.137. The number of para-hydroxylation sites is 1. The zero-order valence-electron chi connectivity index (χ0n) is 11.4. The van der Waals surface area contributed by atoms with E-state index in [1.54, 1.807) is 35.0 Å². The van der Waals surface area contributed by atoms with E-state index in [0.29, 0.717) is 11.1 Å². The van der Waals surface area contributed by atoms with Gasteiger partial charge >= 0.3 is 6.18 Å². The average molecular weight is 340 g/mol. The van der Waals surface area contributed by atoms with Crippen LogP contribution in [0.5, 0.6) is 0 Å². The summed E-state index contributed by atoms with van der Waals surface area (Å²) in [6.45, 7) is 0. The number of nitrogens with zero attached hydrogens (tertiary/aromatic N) is 3. The minimum atomic E-state index is -4.51. The topological polar surface area (TPSA) is 50.4 Å². The minimum Gasteiger partial charge on any atom is -0.411 e. The molecule has 0 saturated carbocycles. The van der Waals surface area contributed by atoms with Crippen LogP contribution >= 0.6 is 11.6 Å². The van der Waals surface area contributed by atoms with Crippen LogP contribution in [0, 0.1) is 0 Å². The molecule has 0 amide bonds. The number of fused-ring (bicyclic) bond motifs is 1. The number of benzene rings is 1. The summed E-state index contributed by atoms with van der Waals surface area (Å²) in [5, 5.41) is 12.3. The lowest BCUT2D eigenvalue weighted by Crippen LogP contribution is -2.07. The monoisotopic (exact) mass is 339 g/mol. The molecule has 3 rings (SSSR count). The Balaban J connectivity index is 2.21. The molecular formula is C15H9ClF3N3O. The predicted octanol–water partition coefficient (Wildman–Crippen LogP) is 4.51. The minimum absolute atomic E-state index is 0.131. The number of hydrogen-bond acceptors (Lipinski definition) is 3. The molecule has 118 valence electrons. The molecule has 4 nitrogen and oxygen atoms in total. The van der Waals surface area contributed by atoms with Gasteiger partial charge < -0.3 is 5.21 Å². The second kappa shape index (κ2) is 5.58. The highest BCUT2D eigenvalue weighted by Gasteiger charge is 2.31. The van der Waals surface area contributed by atoms with Gasteiger partial charge in [0, 0.05) is 23.3 Å². The normalized spacial score (nSPS) is 12.3. The van der Waals surface area contributed by atoms with Crippen LogP contribution in [0.1, 0.15) is 11.1 Å². The van der Waals surface area contributed by atoms with Crippen molar-refractivity contribution in [2.24, 2.45) is 5.16 Å². The Bertz CT molecular complexity index is 903. The fraction of sp³-hybridized carbons (Fsp3) is 0.0667. The average Bonchev–Trinajstić information content (AvgIpc) is 2.86. The summed E-state index contributed by atoms with van der Waals surface area (Å²) in [5.41, 5.74) is 0.345. The Morgan fingerprint density at radius 2 is 2.00 bits per heavy atom. The second-order valence-corrected chi connectivity index (χ2v) is 5.15. The number of rotatable bonds is 2. The van der Waals surface area contributed by atoms with E-state index in [9.17, 15) is 13.2 Å². The highest BCUT2D eigenvalue weighted by atomic mass is 35.5. The molecule has 0 aliphatic heterocycles. The van der Waals surface area contributed by atoms with E-state index in [2.05, 4.69) is 10.1 Å². The third kappa shape index (κ3) is 2.75. The van der Waals surface area contributed by atoms with Crippen molar-refractivity contribution in [3.05, 3.63) is 58.9 Å². The number of oxime groups is 1. The van der Waals surface area contributed by atoms with Crippen LogP contribution in [0.25, 0.3) is 16.7 Å². The maximum absolute atomic E-state index is 12.7. The number of aromatic nitrogens is 2. The quantitative estimate of drug-likeness (QED) is 0.424. The zero-order valence-corrected chi connectivity index (χ0v) is 12.2. The van der Waals surface area contributed by atoms with Crippen LogP contribution in [0.15, 0.2) is 47.9 Å². The summed E-state index contributed by atoms with van der Waals surface area (Å²) in [4.78, 5) is 3.84. The summed E-state index contributed by atoms with van der Waals surface area (Å²) < 4.78 is 39.7. The third-order valence-electron chi connectivity index (χ3n) is 3.32. The highest BCUT2D eigenvalue weighted by Crippen LogP contribution is 2.33. The molecule has 0 saturated heterocycles. The molecule has 2 heterocycles. The Hall–Kier alpha value is -2.54. The van der Waals surface area contributed by atoms with Gasteiger partial charge in [0.2, 0.25) is 0 Å². The molecule has 0 aliphatic carbocycles. The van der Waals surface area contributed by atoms with E-state index in [1.165, 1.54) is 6.21 Å². The fourth-order valence-electron chi connectivity index (χ4n) is 2.31. The van der Waals surface area contributed by atoms with Crippen LogP contribution in [-0.2, 0) is 6.18 Å². The summed E-state index contributed by atoms with van der Waals surface area (Å²) in [5.74, 6) is 0.161. The van der Waals surface area contributed by atoms with Gasteiger partial charge in [-0.2, -0.15) is 13.2 Å². The van der Waals surface area contributed by atoms with Crippen LogP contribution in [-0.4, -0.2) is 21.0 Å². The summed E-state index contributed by atoms with van der Waals surface area (Å²) in [7, 11) is 0. The van der Waals surface area contributed by atoms with E-state index in [1.807, 2.05) is 0 Å². The second-order valence-electron chi connectivity index (χ2n) is 4.74. The molecule has 2 aromatic heterocycles. The van der Waals surface area contributed by atoms with Gasteiger partial charge in [0.15, 0.2) is 5.82 Å². The van der Waals surface area contributed by atoms with Gasteiger partial charge in [0.1, 0.15) is 0 Å². The Kier molecular flexibility index (Phi) is 3.73. The number of halogens is 4. The van der Waals surface area contributed by atoms with Crippen LogP contribution in [0.3, 0.4) is 0 Å². The maximum atomic E-state index is 12.7. The van der Waals surface area contributed by atoms with E-state index < -0.39 is 11.7 Å². The maximum Gasteiger partial charge on any atom is 0.417 e. The van der Waals surface area contributed by atoms with E-state index in [0.717, 1.165) is 17.6 Å². The van der Waals surface area contributed by atoms with Crippen molar-refractivity contribution in [2.75, 3.05) is 0 Å². The van der Waals surface area contributed by atoms with Gasteiger partial charge in [-0.25, -0.2) is 4.98 Å². The molecular weight excluding hydrogens is 331 g/mol. The van der Waals surface area contributed by atoms with E-state index >= 15 is 0 Å². The predicted molar refractivity (Wildman–Crippen MR) is 80.5 cm³/mol. The first-order chi connectivity index (χ1) is 10.9. The van der Waals surface area contributed by atoms with E-state index in [-0.39, 0.29) is 10.8 Å². The molecule has 23 heavy (non-hydrogen) atoms. The standard InChI is InChI=1S/C15H9ClF3N3O/c16-12-5-10(15(17,18)19)7-20-14(12)22-8-9(6-21-23)11-3-1-2-4-13(11)22/h1-8,23H/b21-6+. The molecule has 0 spiro atoms. The molecule has 1 N–H and O–H groups in total. The van der Waals surface area contributed by atoms with E-state index in [4.69, 9.17) is 16.8 Å². The lowest BCUT2D eigenvalue weighted by Gasteiger charge is -2.10. The lowest BCUT2D eigenvalue weighted by atomic mass is 10.2. The van der Waals surface area contributed by atoms with Gasteiger partial charge in [0.25, 0.3) is 0 Å². The first-order valence-electron chi connectivity index (χ1n) is 6.42. The molecule has 0 fully saturated rings. The van der Waals surface area contributed by atoms with Crippen molar-refractivity contribution < 1.29 is 18.4 Å². The Labute approximate surface area is 133 Å². The molecule has 0 unspecified atom stereocenters. The van der Waals surface area contributed by atoms with Crippen molar-refractivity contribution in [3.63, 3.8) is 0 Å². The summed E-state index contributed by atoms with van der Waals surface area (Å²) >= 11 is 5.99. The smallest absolute Gasteiger partial charge is 0.411 e. The Morgan fingerprint density at radius 3 is 2.65 bits per heavy atom.